The van der Waals surface area contributed by atoms with Crippen molar-refractivity contribution in [3.05, 3.63) is 60.2 Å². The third-order valence-electron chi connectivity index (χ3n) is 4.53. The van der Waals surface area contributed by atoms with E-state index in [1.807, 2.05) is 30.3 Å². The Morgan fingerprint density at radius 2 is 1.52 bits per heavy atom. The summed E-state index contributed by atoms with van der Waals surface area (Å²) in [7, 11) is -1.97. The molecule has 0 bridgehead atoms. The van der Waals surface area contributed by atoms with Gasteiger partial charge in [-0.15, -0.1) is 0 Å². The van der Waals surface area contributed by atoms with Gasteiger partial charge >= 0.3 is 0 Å². The lowest BCUT2D eigenvalue weighted by atomic mass is 9.99. The van der Waals surface area contributed by atoms with Crippen LogP contribution in [0.4, 0.5) is 0 Å². The molecule has 0 aliphatic carbocycles. The maximum absolute atomic E-state index is 12.9. The lowest BCUT2D eigenvalue weighted by Gasteiger charge is -2.35. The monoisotopic (exact) mass is 390 g/mol. The number of rotatable bonds is 11. The molecule has 0 spiro atoms. The van der Waals surface area contributed by atoms with Gasteiger partial charge in [-0.3, -0.25) is 5.32 Å². The minimum atomic E-state index is -3.61. The predicted octanol–water partition coefficient (Wildman–Crippen LogP) is 4.06. The van der Waals surface area contributed by atoms with Crippen molar-refractivity contribution in [1.82, 2.24) is 10.0 Å². The van der Waals surface area contributed by atoms with Crippen LogP contribution in [-0.2, 0) is 16.6 Å². The Bertz CT molecular complexity index is 784. The molecule has 0 aliphatic rings. The summed E-state index contributed by atoms with van der Waals surface area (Å²) in [4.78, 5) is 0.285. The predicted molar refractivity (Wildman–Crippen MR) is 109 cm³/mol. The summed E-state index contributed by atoms with van der Waals surface area (Å²) < 4.78 is 34.0. The van der Waals surface area contributed by atoms with E-state index in [2.05, 4.69) is 23.9 Å². The number of hydrogen-bond donors (Lipinski definition) is 2. The van der Waals surface area contributed by atoms with Crippen LogP contribution in [0, 0.1) is 0 Å². The third kappa shape index (κ3) is 6.06. The molecule has 6 heteroatoms. The molecule has 0 saturated heterocycles. The highest BCUT2D eigenvalue weighted by Gasteiger charge is 2.33. The molecular weight excluding hydrogens is 360 g/mol. The molecule has 0 fully saturated rings. The van der Waals surface area contributed by atoms with E-state index in [1.165, 1.54) is 0 Å². The van der Waals surface area contributed by atoms with Crippen LogP contribution in [0.2, 0.25) is 0 Å². The quantitative estimate of drug-likeness (QED) is 0.568. The van der Waals surface area contributed by atoms with Gasteiger partial charge in [0.1, 0.15) is 5.75 Å². The van der Waals surface area contributed by atoms with Gasteiger partial charge in [0.15, 0.2) is 0 Å². The lowest BCUT2D eigenvalue weighted by molar-refractivity contribution is 0.252. The fraction of sp³-hybridized carbons (Fsp3) is 0.429. The van der Waals surface area contributed by atoms with E-state index in [1.54, 1.807) is 31.4 Å². The molecule has 2 rings (SSSR count). The molecule has 2 N–H and O–H groups in total. The first-order valence-electron chi connectivity index (χ1n) is 9.41. The molecule has 0 unspecified atom stereocenters. The first-order valence-corrected chi connectivity index (χ1v) is 10.9. The van der Waals surface area contributed by atoms with Crippen molar-refractivity contribution in [2.75, 3.05) is 7.11 Å². The summed E-state index contributed by atoms with van der Waals surface area (Å²) >= 11 is 0. The highest BCUT2D eigenvalue weighted by molar-refractivity contribution is 7.89. The van der Waals surface area contributed by atoms with Gasteiger partial charge in [0.2, 0.25) is 10.0 Å². The number of sulfonamides is 1. The molecule has 27 heavy (non-hydrogen) atoms. The van der Waals surface area contributed by atoms with E-state index in [9.17, 15) is 8.42 Å². The number of ether oxygens (including phenoxy) is 1. The molecular formula is C21H30N2O3S. The maximum Gasteiger partial charge on any atom is 0.242 e. The van der Waals surface area contributed by atoms with Gasteiger partial charge in [0.05, 0.1) is 17.7 Å². The van der Waals surface area contributed by atoms with Crippen molar-refractivity contribution in [3.8, 4) is 5.75 Å². The highest BCUT2D eigenvalue weighted by Crippen LogP contribution is 2.22. The molecule has 0 aliphatic heterocycles. The van der Waals surface area contributed by atoms with E-state index in [0.717, 1.165) is 24.2 Å². The zero-order valence-corrected chi connectivity index (χ0v) is 17.2. The minimum Gasteiger partial charge on any atom is -0.497 e. The summed E-state index contributed by atoms with van der Waals surface area (Å²) in [5.41, 5.74) is 0.393. The van der Waals surface area contributed by atoms with Gasteiger partial charge in [-0.25, -0.2) is 8.42 Å². The van der Waals surface area contributed by atoms with Gasteiger partial charge in [0.25, 0.3) is 0 Å². The van der Waals surface area contributed by atoms with Crippen LogP contribution >= 0.6 is 0 Å². The standard InChI is InChI=1S/C21H30N2O3S/c1-4-15-21(16-5-2,22-17-18-11-13-19(26-3)14-12-18)23-27(24,25)20-9-7-6-8-10-20/h6-14,22-23H,4-5,15-17H2,1-3H3. The summed E-state index contributed by atoms with van der Waals surface area (Å²) in [5.74, 6) is 0.803. The summed E-state index contributed by atoms with van der Waals surface area (Å²) in [6, 6.07) is 16.3. The summed E-state index contributed by atoms with van der Waals surface area (Å²) in [6.07, 6.45) is 3.16. The largest absolute Gasteiger partial charge is 0.497 e. The Labute approximate surface area is 163 Å². The molecule has 0 atom stereocenters. The van der Waals surface area contributed by atoms with Crippen molar-refractivity contribution in [2.24, 2.45) is 0 Å². The molecule has 0 heterocycles. The Hall–Kier alpha value is -1.89. The van der Waals surface area contributed by atoms with E-state index >= 15 is 0 Å². The number of hydrogen-bond acceptors (Lipinski definition) is 4. The smallest absolute Gasteiger partial charge is 0.242 e. The molecule has 0 amide bonds. The van der Waals surface area contributed by atoms with Crippen LogP contribution in [0.25, 0.3) is 0 Å². The average molecular weight is 391 g/mol. The molecule has 0 aromatic heterocycles. The fourth-order valence-corrected chi connectivity index (χ4v) is 4.65. The zero-order chi connectivity index (χ0) is 19.8. The summed E-state index contributed by atoms with van der Waals surface area (Å²) in [6.45, 7) is 4.70. The SMILES string of the molecule is CCCC(CCC)(NCc1ccc(OC)cc1)NS(=O)(=O)c1ccccc1. The normalized spacial score (nSPS) is 12.1. The van der Waals surface area contributed by atoms with Gasteiger partial charge < -0.3 is 4.74 Å². The number of benzene rings is 2. The van der Waals surface area contributed by atoms with Crippen LogP contribution < -0.4 is 14.8 Å². The molecule has 0 radical (unpaired) electrons. The van der Waals surface area contributed by atoms with Gasteiger partial charge in [0, 0.05) is 6.54 Å². The van der Waals surface area contributed by atoms with Crippen LogP contribution in [0.1, 0.15) is 45.1 Å². The van der Waals surface area contributed by atoms with Crippen molar-refractivity contribution < 1.29 is 13.2 Å². The van der Waals surface area contributed by atoms with Crippen LogP contribution in [0.3, 0.4) is 0 Å². The second-order valence-corrected chi connectivity index (χ2v) is 8.38. The minimum absolute atomic E-state index is 0.285. The first kappa shape index (κ1) is 21.4. The maximum atomic E-state index is 12.9. The van der Waals surface area contributed by atoms with E-state index in [0.29, 0.717) is 19.4 Å². The Kier molecular flexibility index (Phi) is 7.83. The van der Waals surface area contributed by atoms with Gasteiger partial charge in [-0.2, -0.15) is 4.72 Å². The van der Waals surface area contributed by atoms with E-state index in [4.69, 9.17) is 4.74 Å². The molecule has 2 aromatic carbocycles. The third-order valence-corrected chi connectivity index (χ3v) is 6.08. The van der Waals surface area contributed by atoms with Crippen LogP contribution in [-0.4, -0.2) is 21.2 Å². The second-order valence-electron chi connectivity index (χ2n) is 6.70. The summed E-state index contributed by atoms with van der Waals surface area (Å²) in [5, 5.41) is 3.48. The topological polar surface area (TPSA) is 67.4 Å². The Morgan fingerprint density at radius 1 is 0.926 bits per heavy atom. The van der Waals surface area contributed by atoms with Crippen molar-refractivity contribution >= 4 is 10.0 Å². The van der Waals surface area contributed by atoms with E-state index < -0.39 is 15.7 Å². The average Bonchev–Trinajstić information content (AvgIpc) is 2.68. The molecule has 148 valence electrons. The lowest BCUT2D eigenvalue weighted by Crippen LogP contribution is -2.58. The fourth-order valence-electron chi connectivity index (χ4n) is 3.22. The van der Waals surface area contributed by atoms with Crippen LogP contribution in [0.5, 0.6) is 5.75 Å². The zero-order valence-electron chi connectivity index (χ0n) is 16.4. The first-order chi connectivity index (χ1) is 12.9. The molecule has 2 aromatic rings. The second kappa shape index (κ2) is 9.88. The number of methoxy groups -OCH3 is 1. The molecule has 0 saturated carbocycles. The number of nitrogens with one attached hydrogen (secondary N) is 2. The van der Waals surface area contributed by atoms with E-state index in [-0.39, 0.29) is 4.90 Å². The Morgan fingerprint density at radius 3 is 2.04 bits per heavy atom. The Balaban J connectivity index is 2.22. The molecule has 5 nitrogen and oxygen atoms in total. The van der Waals surface area contributed by atoms with Crippen molar-refractivity contribution in [3.63, 3.8) is 0 Å². The highest BCUT2D eigenvalue weighted by atomic mass is 32.2. The van der Waals surface area contributed by atoms with Crippen LogP contribution in [0.15, 0.2) is 59.5 Å². The van der Waals surface area contributed by atoms with Gasteiger partial charge in [-0.1, -0.05) is 57.0 Å². The van der Waals surface area contributed by atoms with Gasteiger partial charge in [-0.05, 0) is 42.7 Å². The van der Waals surface area contributed by atoms with Crippen molar-refractivity contribution in [1.29, 1.82) is 0 Å². The van der Waals surface area contributed by atoms with Crippen molar-refractivity contribution in [2.45, 2.75) is 56.6 Å².